The number of rotatable bonds is 4. The topological polar surface area (TPSA) is 95.9 Å². The zero-order valence-corrected chi connectivity index (χ0v) is 9.99. The number of nitrogens with two attached hydrogens (primary N) is 1. The third kappa shape index (κ3) is 2.95. The molecule has 0 aliphatic rings. The maximum Gasteiger partial charge on any atom is 0.405 e. The van der Waals surface area contributed by atoms with E-state index in [-0.39, 0.29) is 6.54 Å². The number of hydrogen-bond donors (Lipinski definition) is 1. The molecule has 1 aromatic carbocycles. The number of tetrazole rings is 1. The van der Waals surface area contributed by atoms with Gasteiger partial charge in [-0.25, -0.2) is 9.48 Å². The number of benzene rings is 1. The highest BCUT2D eigenvalue weighted by molar-refractivity contribution is 6.31. The fourth-order valence-corrected chi connectivity index (χ4v) is 1.77. The van der Waals surface area contributed by atoms with Crippen molar-refractivity contribution in [3.05, 3.63) is 41.2 Å². The molecule has 0 saturated carbocycles. The summed E-state index contributed by atoms with van der Waals surface area (Å²) in [4.78, 5) is 10.9. The van der Waals surface area contributed by atoms with Gasteiger partial charge in [0.2, 0.25) is 0 Å². The minimum absolute atomic E-state index is 0.236. The molecule has 0 radical (unpaired) electrons. The Morgan fingerprint density at radius 3 is 2.89 bits per heavy atom. The lowest BCUT2D eigenvalue weighted by Gasteiger charge is -2.17. The second-order valence-electron chi connectivity index (χ2n) is 3.48. The molecule has 0 aliphatic carbocycles. The van der Waals surface area contributed by atoms with Crippen LogP contribution in [0.2, 0.25) is 5.02 Å². The van der Waals surface area contributed by atoms with E-state index in [1.165, 1.54) is 11.0 Å². The molecule has 1 heterocycles. The molecule has 1 atom stereocenters. The fourth-order valence-electron chi connectivity index (χ4n) is 1.51. The Kier molecular flexibility index (Phi) is 3.73. The molecule has 1 amide bonds. The fraction of sp³-hybridized carbons (Fsp3) is 0.200. The predicted octanol–water partition coefficient (Wildman–Crippen LogP) is 1.16. The van der Waals surface area contributed by atoms with Crippen LogP contribution in [0.3, 0.4) is 0 Å². The van der Waals surface area contributed by atoms with Crippen molar-refractivity contribution in [1.29, 1.82) is 0 Å². The van der Waals surface area contributed by atoms with Crippen molar-refractivity contribution in [3.8, 4) is 0 Å². The molecule has 0 saturated heterocycles. The van der Waals surface area contributed by atoms with Gasteiger partial charge in [-0.15, -0.1) is 5.10 Å². The summed E-state index contributed by atoms with van der Waals surface area (Å²) in [6, 6.07) is 7.02. The van der Waals surface area contributed by atoms with Crippen LogP contribution in [0.5, 0.6) is 0 Å². The van der Waals surface area contributed by atoms with Crippen molar-refractivity contribution >= 4 is 17.7 Å². The zero-order chi connectivity index (χ0) is 13.0. The monoisotopic (exact) mass is 267 g/mol. The Hall–Kier alpha value is -2.15. The third-order valence-electron chi connectivity index (χ3n) is 2.25. The summed E-state index contributed by atoms with van der Waals surface area (Å²) < 4.78 is 6.46. The lowest BCUT2D eigenvalue weighted by molar-refractivity contribution is 0.0930. The van der Waals surface area contributed by atoms with Gasteiger partial charge in [0, 0.05) is 10.6 Å². The Morgan fingerprint density at radius 2 is 2.28 bits per heavy atom. The highest BCUT2D eigenvalue weighted by atomic mass is 35.5. The van der Waals surface area contributed by atoms with Gasteiger partial charge in [0.15, 0.2) is 0 Å². The summed E-state index contributed by atoms with van der Waals surface area (Å²) in [5.41, 5.74) is 5.69. The SMILES string of the molecule is NC(=O)O[C@@H](Cn1cnnn1)c1ccccc1Cl. The molecule has 2 N–H and O–H groups in total. The van der Waals surface area contributed by atoms with Gasteiger partial charge in [0.25, 0.3) is 0 Å². The first kappa shape index (κ1) is 12.3. The average Bonchev–Trinajstić information content (AvgIpc) is 2.81. The van der Waals surface area contributed by atoms with Crippen molar-refractivity contribution < 1.29 is 9.53 Å². The van der Waals surface area contributed by atoms with E-state index in [1.54, 1.807) is 24.3 Å². The summed E-state index contributed by atoms with van der Waals surface area (Å²) in [7, 11) is 0. The van der Waals surface area contributed by atoms with Crippen molar-refractivity contribution in [3.63, 3.8) is 0 Å². The van der Waals surface area contributed by atoms with E-state index >= 15 is 0 Å². The number of nitrogens with zero attached hydrogens (tertiary/aromatic N) is 4. The number of ether oxygens (including phenoxy) is 1. The number of carbonyl (C=O) groups is 1. The number of aromatic nitrogens is 4. The van der Waals surface area contributed by atoms with E-state index in [1.807, 2.05) is 0 Å². The molecule has 0 fully saturated rings. The van der Waals surface area contributed by atoms with Crippen molar-refractivity contribution in [2.24, 2.45) is 5.73 Å². The van der Waals surface area contributed by atoms with Gasteiger partial charge in [0.1, 0.15) is 12.4 Å². The lowest BCUT2D eigenvalue weighted by atomic mass is 10.1. The molecule has 2 rings (SSSR count). The van der Waals surface area contributed by atoms with Gasteiger partial charge >= 0.3 is 6.09 Å². The maximum absolute atomic E-state index is 10.9. The van der Waals surface area contributed by atoms with E-state index in [9.17, 15) is 4.79 Å². The second-order valence-corrected chi connectivity index (χ2v) is 3.89. The smallest absolute Gasteiger partial charge is 0.405 e. The molecule has 0 aliphatic heterocycles. The maximum atomic E-state index is 10.9. The van der Waals surface area contributed by atoms with Crippen LogP contribution in [0.15, 0.2) is 30.6 Å². The van der Waals surface area contributed by atoms with Gasteiger partial charge in [-0.2, -0.15) is 0 Å². The van der Waals surface area contributed by atoms with E-state index in [4.69, 9.17) is 22.1 Å². The third-order valence-corrected chi connectivity index (χ3v) is 2.60. The summed E-state index contributed by atoms with van der Waals surface area (Å²) in [6.45, 7) is 0.236. The molecule has 0 bridgehead atoms. The van der Waals surface area contributed by atoms with E-state index in [0.29, 0.717) is 10.6 Å². The summed E-state index contributed by atoms with van der Waals surface area (Å²) in [6.07, 6.45) is -0.110. The van der Waals surface area contributed by atoms with Crippen LogP contribution >= 0.6 is 11.6 Å². The number of carbonyl (C=O) groups excluding carboxylic acids is 1. The van der Waals surface area contributed by atoms with Gasteiger partial charge in [0.05, 0.1) is 6.54 Å². The molecular weight excluding hydrogens is 258 g/mol. The largest absolute Gasteiger partial charge is 0.439 e. The van der Waals surface area contributed by atoms with Crippen molar-refractivity contribution in [2.45, 2.75) is 12.6 Å². The Bertz CT molecular complexity index is 531. The molecule has 2 aromatic rings. The van der Waals surface area contributed by atoms with E-state index in [2.05, 4.69) is 15.5 Å². The lowest BCUT2D eigenvalue weighted by Crippen LogP contribution is -2.21. The second kappa shape index (κ2) is 5.46. The first-order valence-electron chi connectivity index (χ1n) is 5.08. The molecular formula is C10H10ClN5O2. The molecule has 0 unspecified atom stereocenters. The van der Waals surface area contributed by atoms with E-state index in [0.717, 1.165) is 0 Å². The molecule has 94 valence electrons. The van der Waals surface area contributed by atoms with Crippen LogP contribution in [-0.2, 0) is 11.3 Å². The first-order valence-corrected chi connectivity index (χ1v) is 5.46. The van der Waals surface area contributed by atoms with E-state index < -0.39 is 12.2 Å². The van der Waals surface area contributed by atoms with Crippen LogP contribution in [0, 0.1) is 0 Å². The summed E-state index contributed by atoms with van der Waals surface area (Å²) in [5.74, 6) is 0. The van der Waals surface area contributed by atoms with Crippen LogP contribution in [0.1, 0.15) is 11.7 Å². The first-order chi connectivity index (χ1) is 8.66. The Labute approximate surface area is 107 Å². The normalized spacial score (nSPS) is 12.1. The average molecular weight is 268 g/mol. The van der Waals surface area contributed by atoms with Crippen LogP contribution < -0.4 is 5.73 Å². The summed E-state index contributed by atoms with van der Waals surface area (Å²) in [5, 5.41) is 11.2. The number of hydrogen-bond acceptors (Lipinski definition) is 5. The molecule has 0 spiro atoms. The molecule has 18 heavy (non-hydrogen) atoms. The molecule has 1 aromatic heterocycles. The molecule has 7 nitrogen and oxygen atoms in total. The predicted molar refractivity (Wildman–Crippen MR) is 62.7 cm³/mol. The minimum atomic E-state index is -0.881. The van der Waals surface area contributed by atoms with Crippen LogP contribution in [0.25, 0.3) is 0 Å². The summed E-state index contributed by atoms with van der Waals surface area (Å²) >= 11 is 6.05. The number of amides is 1. The standard InChI is InChI=1S/C10H10ClN5O2/c11-8-4-2-1-3-7(8)9(18-10(12)17)5-16-6-13-14-15-16/h1-4,6,9H,5H2,(H2,12,17)/t9-/m0/s1. The number of halogens is 1. The minimum Gasteiger partial charge on any atom is -0.439 e. The van der Waals surface area contributed by atoms with Gasteiger partial charge in [-0.1, -0.05) is 29.8 Å². The molecule has 8 heteroatoms. The van der Waals surface area contributed by atoms with Gasteiger partial charge in [-0.3, -0.25) is 0 Å². The van der Waals surface area contributed by atoms with Crippen LogP contribution in [0.4, 0.5) is 4.79 Å². The highest BCUT2D eigenvalue weighted by Gasteiger charge is 2.19. The Morgan fingerprint density at radius 1 is 1.50 bits per heavy atom. The van der Waals surface area contributed by atoms with Gasteiger partial charge < -0.3 is 10.5 Å². The zero-order valence-electron chi connectivity index (χ0n) is 9.23. The highest BCUT2D eigenvalue weighted by Crippen LogP contribution is 2.26. The van der Waals surface area contributed by atoms with Crippen LogP contribution in [-0.4, -0.2) is 26.3 Å². The van der Waals surface area contributed by atoms with Crippen molar-refractivity contribution in [1.82, 2.24) is 20.2 Å². The Balaban J connectivity index is 2.25. The number of primary amides is 1. The quantitative estimate of drug-likeness (QED) is 0.897. The van der Waals surface area contributed by atoms with Gasteiger partial charge in [-0.05, 0) is 16.5 Å². The van der Waals surface area contributed by atoms with Crippen molar-refractivity contribution in [2.75, 3.05) is 0 Å².